The van der Waals surface area contributed by atoms with Gasteiger partial charge in [-0.05, 0) is 111 Å². The van der Waals surface area contributed by atoms with E-state index in [0.29, 0.717) is 11.8 Å². The summed E-state index contributed by atoms with van der Waals surface area (Å²) in [5, 5.41) is 4.56. The molecule has 0 N–H and O–H groups in total. The second-order valence-corrected chi connectivity index (χ2v) is 14.2. The van der Waals surface area contributed by atoms with Crippen molar-refractivity contribution in [3.63, 3.8) is 0 Å². The summed E-state index contributed by atoms with van der Waals surface area (Å²) < 4.78 is 2.25. The monoisotopic (exact) mass is 739 g/mol. The molecular formula is C44H42IN3. The molecule has 0 fully saturated rings. The number of fused-ring (bicyclic) bond motifs is 1. The molecule has 0 bridgehead atoms. The van der Waals surface area contributed by atoms with Crippen LogP contribution in [0, 0.1) is 11.8 Å². The largest absolute Gasteiger partial charge is 0.271 e. The Bertz CT molecular complexity index is 2150. The maximum Gasteiger partial charge on any atom is 0.159 e. The summed E-state index contributed by atoms with van der Waals surface area (Å²) in [5.41, 5.74) is 8.37. The first-order valence-electron chi connectivity index (χ1n) is 17.1. The molecule has 0 saturated heterocycles. The maximum atomic E-state index is 5.45. The van der Waals surface area contributed by atoms with Gasteiger partial charge in [-0.25, -0.2) is 9.98 Å². The van der Waals surface area contributed by atoms with Crippen LogP contribution in [-0.4, -0.2) is 21.0 Å². The van der Waals surface area contributed by atoms with Gasteiger partial charge in [-0.15, -0.1) is 0 Å². The molecule has 4 aromatic carbocycles. The second-order valence-electron chi connectivity index (χ2n) is 13.2. The maximum absolute atomic E-state index is 5.45. The van der Waals surface area contributed by atoms with E-state index in [1.807, 2.05) is 0 Å². The number of benzene rings is 4. The van der Waals surface area contributed by atoms with Crippen molar-refractivity contribution in [1.82, 2.24) is 3.11 Å². The Labute approximate surface area is 298 Å². The quantitative estimate of drug-likeness (QED) is 0.143. The van der Waals surface area contributed by atoms with E-state index in [1.165, 1.54) is 44.2 Å². The summed E-state index contributed by atoms with van der Waals surface area (Å²) >= 11 is 2.45. The van der Waals surface area contributed by atoms with E-state index in [9.17, 15) is 0 Å². The van der Waals surface area contributed by atoms with Crippen molar-refractivity contribution in [1.29, 1.82) is 0 Å². The molecule has 0 radical (unpaired) electrons. The van der Waals surface area contributed by atoms with Gasteiger partial charge in [-0.3, -0.25) is 3.11 Å². The number of amidine groups is 2. The minimum atomic E-state index is -0.241. The molecule has 48 heavy (non-hydrogen) atoms. The van der Waals surface area contributed by atoms with E-state index in [1.54, 1.807) is 0 Å². The lowest BCUT2D eigenvalue weighted by Crippen LogP contribution is -2.39. The van der Waals surface area contributed by atoms with Crippen LogP contribution in [-0.2, 0) is 0 Å². The van der Waals surface area contributed by atoms with E-state index in [-0.39, 0.29) is 6.17 Å². The lowest BCUT2D eigenvalue weighted by molar-refractivity contribution is 0.374. The summed E-state index contributed by atoms with van der Waals surface area (Å²) in [6, 6.07) is 30.2. The number of allylic oxidation sites excluding steroid dienone is 5. The van der Waals surface area contributed by atoms with Gasteiger partial charge in [0.05, 0.1) is 22.9 Å². The molecule has 1 heterocycles. The summed E-state index contributed by atoms with van der Waals surface area (Å²) in [6.07, 6.45) is 17.4. The Morgan fingerprint density at radius 3 is 2.12 bits per heavy atom. The third kappa shape index (κ3) is 6.19. The fraction of sp³-hybridized carbons (Fsp3) is 0.227. The van der Waals surface area contributed by atoms with Gasteiger partial charge < -0.3 is 0 Å². The highest BCUT2D eigenvalue weighted by molar-refractivity contribution is 14.1. The molecule has 4 heteroatoms. The predicted octanol–water partition coefficient (Wildman–Crippen LogP) is 10.4. The van der Waals surface area contributed by atoms with Crippen LogP contribution in [0.4, 0.5) is 0 Å². The standard InChI is InChI=1S/C44H42IN3/c1-5-32(43-46-42(36-26-25-29(2)30(3)27-36)47-44(48(43)45)35-21-13-8-14-22-35)28-39-31(4)40(33-17-9-6-10-18-33)37-23-15-16-24-38(37)41(39)34-19-11-7-12-20-34/h5-13,15-21,23-24,26,28-30,43H,4,14,22,25,27H2,1-3H3/b32-5+,39-28+. The zero-order valence-electron chi connectivity index (χ0n) is 28.0. The highest BCUT2D eigenvalue weighted by Gasteiger charge is 2.32. The molecule has 0 saturated carbocycles. The molecule has 240 valence electrons. The van der Waals surface area contributed by atoms with Crippen LogP contribution in [0.25, 0.3) is 45.7 Å². The van der Waals surface area contributed by atoms with E-state index in [4.69, 9.17) is 16.6 Å². The molecule has 2 aliphatic carbocycles. The van der Waals surface area contributed by atoms with Gasteiger partial charge in [0.25, 0.3) is 0 Å². The number of nitrogens with zero attached hydrogens (tertiary/aromatic N) is 3. The lowest BCUT2D eigenvalue weighted by atomic mass is 9.81. The van der Waals surface area contributed by atoms with E-state index in [2.05, 4.69) is 168 Å². The molecular weight excluding hydrogens is 697 g/mol. The molecule has 3 nitrogen and oxygen atoms in total. The number of hydrogen-bond acceptors (Lipinski definition) is 3. The topological polar surface area (TPSA) is 28.0 Å². The summed E-state index contributed by atoms with van der Waals surface area (Å²) in [5.74, 6) is 3.16. The van der Waals surface area contributed by atoms with Gasteiger partial charge in [-0.2, -0.15) is 0 Å². The molecule has 3 aliphatic rings. The van der Waals surface area contributed by atoms with E-state index >= 15 is 0 Å². The van der Waals surface area contributed by atoms with Crippen molar-refractivity contribution < 1.29 is 0 Å². The normalized spacial score (nSPS) is 21.9. The Kier molecular flexibility index (Phi) is 9.45. The lowest BCUT2D eigenvalue weighted by Gasteiger charge is -2.34. The van der Waals surface area contributed by atoms with Gasteiger partial charge >= 0.3 is 0 Å². The summed E-state index contributed by atoms with van der Waals surface area (Å²) in [4.78, 5) is 10.7. The Morgan fingerprint density at radius 1 is 0.854 bits per heavy atom. The summed E-state index contributed by atoms with van der Waals surface area (Å²) in [7, 11) is 0. The molecule has 4 aromatic rings. The minimum absolute atomic E-state index is 0.241. The third-order valence-electron chi connectivity index (χ3n) is 10.1. The predicted molar refractivity (Wildman–Crippen MR) is 214 cm³/mol. The van der Waals surface area contributed by atoms with Crippen LogP contribution < -0.4 is 10.4 Å². The smallest absolute Gasteiger partial charge is 0.159 e. The van der Waals surface area contributed by atoms with Gasteiger partial charge in [0, 0.05) is 0 Å². The van der Waals surface area contributed by atoms with Crippen molar-refractivity contribution in [2.24, 2.45) is 21.8 Å². The number of aliphatic imine (C=N–C) groups is 2. The van der Waals surface area contributed by atoms with E-state index < -0.39 is 0 Å². The van der Waals surface area contributed by atoms with Gasteiger partial charge in [0.1, 0.15) is 5.84 Å². The average molecular weight is 740 g/mol. The first-order chi connectivity index (χ1) is 23.4. The average Bonchev–Trinajstić information content (AvgIpc) is 3.13. The SMILES string of the molecule is C=c1c(-c2ccccc2)c2ccccc2c(-c2ccccc2)/c1=C/C(=C\C)C1N=C(C2=CCC(C)C(C)C2)N=C(C2=CC=CCC2)N1I. The van der Waals surface area contributed by atoms with E-state index in [0.717, 1.165) is 53.4 Å². The van der Waals surface area contributed by atoms with Crippen LogP contribution >= 0.6 is 22.9 Å². The van der Waals surface area contributed by atoms with Crippen LogP contribution in [0.3, 0.4) is 0 Å². The number of rotatable bonds is 6. The minimum Gasteiger partial charge on any atom is -0.271 e. The van der Waals surface area contributed by atoms with Gasteiger partial charge in [0.2, 0.25) is 0 Å². The molecule has 0 spiro atoms. The molecule has 3 atom stereocenters. The second kappa shape index (κ2) is 14.1. The van der Waals surface area contributed by atoms with Crippen molar-refractivity contribution in [2.45, 2.75) is 52.6 Å². The number of hydrogen-bond donors (Lipinski definition) is 0. The molecule has 0 aromatic heterocycles. The van der Waals surface area contributed by atoms with Crippen molar-refractivity contribution in [3.8, 4) is 22.3 Å². The molecule has 3 unspecified atom stereocenters. The zero-order valence-corrected chi connectivity index (χ0v) is 30.2. The Hall–Kier alpha value is -4.29. The molecule has 7 rings (SSSR count). The fourth-order valence-corrected chi connectivity index (χ4v) is 8.05. The summed E-state index contributed by atoms with van der Waals surface area (Å²) in [6.45, 7) is 11.7. The van der Waals surface area contributed by atoms with Crippen LogP contribution in [0.5, 0.6) is 0 Å². The van der Waals surface area contributed by atoms with Crippen molar-refractivity contribution >= 4 is 58.0 Å². The van der Waals surface area contributed by atoms with Crippen molar-refractivity contribution in [3.05, 3.63) is 142 Å². The van der Waals surface area contributed by atoms with Gasteiger partial charge in [0.15, 0.2) is 12.0 Å². The fourth-order valence-electron chi connectivity index (χ4n) is 7.19. The molecule has 0 amide bonds. The zero-order chi connectivity index (χ0) is 33.2. The van der Waals surface area contributed by atoms with Crippen LogP contribution in [0.1, 0.15) is 46.5 Å². The van der Waals surface area contributed by atoms with Gasteiger partial charge in [-0.1, -0.05) is 136 Å². The Balaban J connectivity index is 1.47. The van der Waals surface area contributed by atoms with Crippen molar-refractivity contribution in [2.75, 3.05) is 0 Å². The first kappa shape index (κ1) is 32.3. The highest BCUT2D eigenvalue weighted by atomic mass is 127. The highest BCUT2D eigenvalue weighted by Crippen LogP contribution is 2.35. The van der Waals surface area contributed by atoms with Crippen LogP contribution in [0.15, 0.2) is 142 Å². The van der Waals surface area contributed by atoms with Crippen LogP contribution in [0.2, 0.25) is 0 Å². The first-order valence-corrected chi connectivity index (χ1v) is 18.1. The Morgan fingerprint density at radius 2 is 1.50 bits per heavy atom. The third-order valence-corrected chi connectivity index (χ3v) is 11.1. The molecule has 1 aliphatic heterocycles. The number of halogens is 1.